The molecule has 2 nitrogen and oxygen atoms in total. The van der Waals surface area contributed by atoms with Crippen LogP contribution in [0, 0.1) is 24.4 Å². The van der Waals surface area contributed by atoms with E-state index in [1.165, 1.54) is 6.92 Å². The number of anilines is 1. The molecule has 0 aromatic heterocycles. The second-order valence-corrected chi connectivity index (χ2v) is 3.87. The van der Waals surface area contributed by atoms with E-state index < -0.39 is 17.5 Å². The molecule has 1 aliphatic heterocycles. The van der Waals surface area contributed by atoms with E-state index in [0.717, 1.165) is 19.2 Å². The van der Waals surface area contributed by atoms with Gasteiger partial charge in [0.1, 0.15) is 0 Å². The van der Waals surface area contributed by atoms with E-state index in [0.29, 0.717) is 13.1 Å². The zero-order valence-corrected chi connectivity index (χ0v) is 10.2. The topological polar surface area (TPSA) is 15.3 Å². The first-order chi connectivity index (χ1) is 7.61. The number of nitrogens with one attached hydrogen (secondary N) is 1. The highest BCUT2D eigenvalue weighted by Crippen LogP contribution is 2.26. The summed E-state index contributed by atoms with van der Waals surface area (Å²) in [6.45, 7) is 3.89. The molecule has 0 amide bonds. The lowest BCUT2D eigenvalue weighted by Gasteiger charge is -2.30. The lowest BCUT2D eigenvalue weighted by molar-refractivity contribution is 0.482. The Labute approximate surface area is 104 Å². The molecule has 6 heteroatoms. The molecule has 0 atom stereocenters. The molecule has 0 bridgehead atoms. The van der Waals surface area contributed by atoms with E-state index in [2.05, 4.69) is 5.32 Å². The fourth-order valence-electron chi connectivity index (χ4n) is 1.85. The first-order valence-electron chi connectivity index (χ1n) is 5.21. The number of nitrogens with zero attached hydrogens (tertiary/aromatic N) is 1. The molecule has 1 aliphatic rings. The minimum atomic E-state index is -1.10. The smallest absolute Gasteiger partial charge is 0.164 e. The second-order valence-electron chi connectivity index (χ2n) is 3.87. The Bertz CT molecular complexity index is 406. The van der Waals surface area contributed by atoms with Crippen molar-refractivity contribution in [2.75, 3.05) is 31.1 Å². The van der Waals surface area contributed by atoms with Crippen molar-refractivity contribution in [2.24, 2.45) is 0 Å². The summed E-state index contributed by atoms with van der Waals surface area (Å²) in [5.74, 6) is -2.76. The SMILES string of the molecule is Cc1c(F)c(F)cc(N2CCNCC2)c1F.Cl. The predicted molar refractivity (Wildman–Crippen MR) is 63.4 cm³/mol. The van der Waals surface area contributed by atoms with Crippen LogP contribution in [0.3, 0.4) is 0 Å². The van der Waals surface area contributed by atoms with Crippen LogP contribution >= 0.6 is 12.4 Å². The molecule has 1 saturated heterocycles. The summed E-state index contributed by atoms with van der Waals surface area (Å²) >= 11 is 0. The normalized spacial score (nSPS) is 15.6. The molecular formula is C11H14ClF3N2. The van der Waals surface area contributed by atoms with E-state index in [4.69, 9.17) is 0 Å². The van der Waals surface area contributed by atoms with Gasteiger partial charge in [-0.05, 0) is 6.92 Å². The van der Waals surface area contributed by atoms with Gasteiger partial charge in [0.25, 0.3) is 0 Å². The molecule has 1 heterocycles. The summed E-state index contributed by atoms with van der Waals surface area (Å²) < 4.78 is 40.0. The fraction of sp³-hybridized carbons (Fsp3) is 0.455. The zero-order chi connectivity index (χ0) is 11.7. The molecule has 17 heavy (non-hydrogen) atoms. The van der Waals surface area contributed by atoms with Crippen molar-refractivity contribution in [2.45, 2.75) is 6.92 Å². The van der Waals surface area contributed by atoms with E-state index >= 15 is 0 Å². The summed E-state index contributed by atoms with van der Waals surface area (Å²) in [6.07, 6.45) is 0. The minimum absolute atomic E-state index is 0. The number of halogens is 4. The van der Waals surface area contributed by atoms with Crippen LogP contribution < -0.4 is 10.2 Å². The van der Waals surface area contributed by atoms with Crippen molar-refractivity contribution in [3.63, 3.8) is 0 Å². The van der Waals surface area contributed by atoms with E-state index in [1.54, 1.807) is 4.90 Å². The third-order valence-corrected chi connectivity index (χ3v) is 2.81. The summed E-state index contributed by atoms with van der Waals surface area (Å²) in [5.41, 5.74) is -0.105. The Hall–Kier alpha value is -0.940. The van der Waals surface area contributed by atoms with Crippen LogP contribution in [0.5, 0.6) is 0 Å². The number of piperazine rings is 1. The van der Waals surface area contributed by atoms with Gasteiger partial charge in [-0.2, -0.15) is 0 Å². The Morgan fingerprint density at radius 2 is 1.71 bits per heavy atom. The van der Waals surface area contributed by atoms with E-state index in [-0.39, 0.29) is 23.7 Å². The molecule has 2 rings (SSSR count). The molecular weight excluding hydrogens is 253 g/mol. The van der Waals surface area contributed by atoms with Crippen LogP contribution in [0.1, 0.15) is 5.56 Å². The van der Waals surface area contributed by atoms with Crippen LogP contribution in [0.15, 0.2) is 6.07 Å². The van der Waals surface area contributed by atoms with Crippen molar-refractivity contribution in [1.82, 2.24) is 5.32 Å². The molecule has 0 aliphatic carbocycles. The lowest BCUT2D eigenvalue weighted by Crippen LogP contribution is -2.44. The van der Waals surface area contributed by atoms with Gasteiger partial charge < -0.3 is 10.2 Å². The van der Waals surface area contributed by atoms with Gasteiger partial charge in [-0.25, -0.2) is 13.2 Å². The van der Waals surface area contributed by atoms with Crippen molar-refractivity contribution >= 4 is 18.1 Å². The number of benzene rings is 1. The van der Waals surface area contributed by atoms with Crippen molar-refractivity contribution in [3.8, 4) is 0 Å². The first-order valence-corrected chi connectivity index (χ1v) is 5.21. The van der Waals surface area contributed by atoms with Crippen molar-refractivity contribution in [3.05, 3.63) is 29.1 Å². The molecule has 1 N–H and O–H groups in total. The average Bonchev–Trinajstić information content (AvgIpc) is 2.32. The van der Waals surface area contributed by atoms with Gasteiger partial charge in [-0.3, -0.25) is 0 Å². The van der Waals surface area contributed by atoms with Crippen LogP contribution in [-0.4, -0.2) is 26.2 Å². The maximum Gasteiger partial charge on any atom is 0.164 e. The first kappa shape index (κ1) is 14.1. The average molecular weight is 267 g/mol. The quantitative estimate of drug-likeness (QED) is 0.785. The predicted octanol–water partition coefficient (Wildman–Crippen LogP) is 2.24. The number of rotatable bonds is 1. The van der Waals surface area contributed by atoms with Gasteiger partial charge in [0.15, 0.2) is 17.5 Å². The molecule has 1 aromatic carbocycles. The zero-order valence-electron chi connectivity index (χ0n) is 9.40. The summed E-state index contributed by atoms with van der Waals surface area (Å²) in [4.78, 5) is 1.72. The van der Waals surface area contributed by atoms with Gasteiger partial charge in [0, 0.05) is 37.8 Å². The summed E-state index contributed by atoms with van der Waals surface area (Å²) in [7, 11) is 0. The van der Waals surface area contributed by atoms with Crippen molar-refractivity contribution < 1.29 is 13.2 Å². The maximum absolute atomic E-state index is 13.8. The van der Waals surface area contributed by atoms with E-state index in [9.17, 15) is 13.2 Å². The van der Waals surface area contributed by atoms with E-state index in [1.807, 2.05) is 0 Å². The molecule has 0 spiro atoms. The molecule has 0 saturated carbocycles. The van der Waals surface area contributed by atoms with Crippen LogP contribution in [-0.2, 0) is 0 Å². The highest BCUT2D eigenvalue weighted by Gasteiger charge is 2.20. The molecule has 1 aromatic rings. The van der Waals surface area contributed by atoms with Gasteiger partial charge in [-0.15, -0.1) is 12.4 Å². The third kappa shape index (κ3) is 2.66. The van der Waals surface area contributed by atoms with Gasteiger partial charge in [0.2, 0.25) is 0 Å². The van der Waals surface area contributed by atoms with Gasteiger partial charge in [0.05, 0.1) is 5.69 Å². The maximum atomic E-state index is 13.8. The number of hydrogen-bond acceptors (Lipinski definition) is 2. The Kier molecular flexibility index (Phi) is 4.65. The fourth-order valence-corrected chi connectivity index (χ4v) is 1.85. The Morgan fingerprint density at radius 3 is 2.29 bits per heavy atom. The van der Waals surface area contributed by atoms with Gasteiger partial charge in [-0.1, -0.05) is 0 Å². The molecule has 96 valence electrons. The molecule has 1 fully saturated rings. The van der Waals surface area contributed by atoms with Crippen molar-refractivity contribution in [1.29, 1.82) is 0 Å². The lowest BCUT2D eigenvalue weighted by atomic mass is 10.1. The summed E-state index contributed by atoms with van der Waals surface area (Å²) in [6, 6.07) is 0.934. The highest BCUT2D eigenvalue weighted by atomic mass is 35.5. The van der Waals surface area contributed by atoms with Crippen LogP contribution in [0.25, 0.3) is 0 Å². The standard InChI is InChI=1S/C11H13F3N2.ClH/c1-7-10(13)8(12)6-9(11(7)14)16-4-2-15-3-5-16;/h6,15H,2-5H2,1H3;1H. The Balaban J connectivity index is 0.00000144. The molecule has 0 unspecified atom stereocenters. The monoisotopic (exact) mass is 266 g/mol. The highest BCUT2D eigenvalue weighted by molar-refractivity contribution is 5.85. The third-order valence-electron chi connectivity index (χ3n) is 2.81. The number of hydrogen-bond donors (Lipinski definition) is 1. The molecule has 0 radical (unpaired) electrons. The van der Waals surface area contributed by atoms with Crippen LogP contribution in [0.4, 0.5) is 18.9 Å². The van der Waals surface area contributed by atoms with Crippen LogP contribution in [0.2, 0.25) is 0 Å². The van der Waals surface area contributed by atoms with Gasteiger partial charge >= 0.3 is 0 Å². The summed E-state index contributed by atoms with van der Waals surface area (Å²) in [5, 5.41) is 3.11. The second kappa shape index (κ2) is 5.60. The minimum Gasteiger partial charge on any atom is -0.367 e. The largest absolute Gasteiger partial charge is 0.367 e. The Morgan fingerprint density at radius 1 is 1.12 bits per heavy atom.